The highest BCUT2D eigenvalue weighted by Gasteiger charge is 2.22. The zero-order valence-corrected chi connectivity index (χ0v) is 15.0. The number of ether oxygens (including phenoxy) is 1. The van der Waals surface area contributed by atoms with Crippen LogP contribution in [0.2, 0.25) is 0 Å². The Morgan fingerprint density at radius 2 is 1.63 bits per heavy atom. The molecular weight excluding hydrogens is 338 g/mol. The number of rotatable bonds is 4. The number of carbonyl (C=O) groups excluding carboxylic acids is 1. The monoisotopic (exact) mass is 359 g/mol. The largest absolute Gasteiger partial charge is 0.439 e. The SMILES string of the molecule is O=C(c1cccc(Oc2ccccn2)c1)N1CCN(c2ccccc2)CC1. The molecule has 0 atom stereocenters. The number of carbonyl (C=O) groups is 1. The second-order valence-corrected chi connectivity index (χ2v) is 6.41. The normalized spacial score (nSPS) is 14.1. The van der Waals surface area contributed by atoms with Crippen molar-refractivity contribution < 1.29 is 9.53 Å². The number of benzene rings is 2. The third-order valence-corrected chi connectivity index (χ3v) is 4.63. The molecule has 1 aromatic heterocycles. The van der Waals surface area contributed by atoms with Gasteiger partial charge in [0.2, 0.25) is 5.88 Å². The molecule has 0 aliphatic carbocycles. The molecule has 27 heavy (non-hydrogen) atoms. The average molecular weight is 359 g/mol. The predicted octanol–water partition coefficient (Wildman–Crippen LogP) is 3.84. The van der Waals surface area contributed by atoms with E-state index in [1.54, 1.807) is 18.3 Å². The molecule has 1 aliphatic rings. The van der Waals surface area contributed by atoms with Crippen molar-refractivity contribution in [2.24, 2.45) is 0 Å². The van der Waals surface area contributed by atoms with Crippen LogP contribution in [-0.2, 0) is 0 Å². The van der Waals surface area contributed by atoms with E-state index in [-0.39, 0.29) is 5.91 Å². The van der Waals surface area contributed by atoms with Gasteiger partial charge in [-0.15, -0.1) is 0 Å². The van der Waals surface area contributed by atoms with Gasteiger partial charge in [0, 0.05) is 49.7 Å². The van der Waals surface area contributed by atoms with Gasteiger partial charge in [-0.2, -0.15) is 0 Å². The molecular formula is C22H21N3O2. The van der Waals surface area contributed by atoms with E-state index in [1.165, 1.54) is 5.69 Å². The van der Waals surface area contributed by atoms with Crippen LogP contribution in [0.1, 0.15) is 10.4 Å². The number of pyridine rings is 1. The molecule has 0 N–H and O–H groups in total. The Kier molecular flexibility index (Phi) is 5.01. The van der Waals surface area contributed by atoms with Gasteiger partial charge in [0.1, 0.15) is 5.75 Å². The van der Waals surface area contributed by atoms with Crippen LogP contribution in [0, 0.1) is 0 Å². The summed E-state index contributed by atoms with van der Waals surface area (Å²) in [5.41, 5.74) is 1.84. The lowest BCUT2D eigenvalue weighted by Gasteiger charge is -2.36. The van der Waals surface area contributed by atoms with Gasteiger partial charge in [-0.3, -0.25) is 4.79 Å². The molecule has 0 saturated carbocycles. The van der Waals surface area contributed by atoms with Crippen molar-refractivity contribution in [3.63, 3.8) is 0 Å². The van der Waals surface area contributed by atoms with Crippen LogP contribution in [0.5, 0.6) is 11.6 Å². The highest BCUT2D eigenvalue weighted by Crippen LogP contribution is 2.22. The Balaban J connectivity index is 1.41. The second kappa shape index (κ2) is 7.91. The summed E-state index contributed by atoms with van der Waals surface area (Å²) in [6.45, 7) is 3.08. The summed E-state index contributed by atoms with van der Waals surface area (Å²) in [6, 6.07) is 23.1. The van der Waals surface area contributed by atoms with Crippen molar-refractivity contribution >= 4 is 11.6 Å². The fourth-order valence-corrected chi connectivity index (χ4v) is 3.21. The van der Waals surface area contributed by atoms with Crippen LogP contribution >= 0.6 is 0 Å². The van der Waals surface area contributed by atoms with E-state index in [9.17, 15) is 4.79 Å². The van der Waals surface area contributed by atoms with Gasteiger partial charge in [0.05, 0.1) is 0 Å². The molecule has 0 bridgehead atoms. The van der Waals surface area contributed by atoms with E-state index in [0.29, 0.717) is 30.3 Å². The quantitative estimate of drug-likeness (QED) is 0.710. The van der Waals surface area contributed by atoms with Crippen LogP contribution in [0.4, 0.5) is 5.69 Å². The van der Waals surface area contributed by atoms with Crippen molar-refractivity contribution in [2.45, 2.75) is 0 Å². The number of aromatic nitrogens is 1. The number of para-hydroxylation sites is 1. The second-order valence-electron chi connectivity index (χ2n) is 6.41. The summed E-state index contributed by atoms with van der Waals surface area (Å²) < 4.78 is 5.74. The first-order valence-corrected chi connectivity index (χ1v) is 9.08. The van der Waals surface area contributed by atoms with E-state index < -0.39 is 0 Å². The molecule has 0 spiro atoms. The Labute approximate surface area is 158 Å². The lowest BCUT2D eigenvalue weighted by atomic mass is 10.1. The van der Waals surface area contributed by atoms with E-state index in [4.69, 9.17) is 4.74 Å². The van der Waals surface area contributed by atoms with Crippen molar-refractivity contribution in [3.8, 4) is 11.6 Å². The minimum absolute atomic E-state index is 0.0363. The smallest absolute Gasteiger partial charge is 0.254 e. The first-order valence-electron chi connectivity index (χ1n) is 9.08. The molecule has 136 valence electrons. The molecule has 1 amide bonds. The molecule has 5 nitrogen and oxygen atoms in total. The number of piperazine rings is 1. The number of anilines is 1. The third kappa shape index (κ3) is 4.08. The fraction of sp³-hybridized carbons (Fsp3) is 0.182. The molecule has 5 heteroatoms. The Hall–Kier alpha value is -3.34. The first kappa shape index (κ1) is 17.1. The number of hydrogen-bond donors (Lipinski definition) is 0. The highest BCUT2D eigenvalue weighted by molar-refractivity contribution is 5.94. The van der Waals surface area contributed by atoms with Crippen LogP contribution in [-0.4, -0.2) is 42.0 Å². The summed E-state index contributed by atoms with van der Waals surface area (Å²) in [7, 11) is 0. The molecule has 0 radical (unpaired) electrons. The first-order chi connectivity index (χ1) is 13.3. The summed E-state index contributed by atoms with van der Waals surface area (Å²) >= 11 is 0. The molecule has 3 aromatic rings. The molecule has 4 rings (SSSR count). The lowest BCUT2D eigenvalue weighted by Crippen LogP contribution is -2.48. The summed E-state index contributed by atoms with van der Waals surface area (Å²) in [4.78, 5) is 21.2. The maximum Gasteiger partial charge on any atom is 0.254 e. The molecule has 1 aliphatic heterocycles. The van der Waals surface area contributed by atoms with Gasteiger partial charge >= 0.3 is 0 Å². The Morgan fingerprint density at radius 1 is 0.852 bits per heavy atom. The highest BCUT2D eigenvalue weighted by atomic mass is 16.5. The average Bonchev–Trinajstić information content (AvgIpc) is 2.75. The number of nitrogens with zero attached hydrogens (tertiary/aromatic N) is 3. The molecule has 1 saturated heterocycles. The zero-order valence-electron chi connectivity index (χ0n) is 15.0. The molecule has 2 heterocycles. The van der Waals surface area contributed by atoms with Gasteiger partial charge in [0.15, 0.2) is 0 Å². The van der Waals surface area contributed by atoms with Crippen molar-refractivity contribution in [2.75, 3.05) is 31.1 Å². The third-order valence-electron chi connectivity index (χ3n) is 4.63. The maximum absolute atomic E-state index is 12.9. The van der Waals surface area contributed by atoms with Crippen molar-refractivity contribution in [1.82, 2.24) is 9.88 Å². The van der Waals surface area contributed by atoms with Gasteiger partial charge in [-0.25, -0.2) is 4.98 Å². The molecule has 1 fully saturated rings. The lowest BCUT2D eigenvalue weighted by molar-refractivity contribution is 0.0746. The van der Waals surface area contributed by atoms with Crippen molar-refractivity contribution in [1.29, 1.82) is 0 Å². The van der Waals surface area contributed by atoms with E-state index >= 15 is 0 Å². The van der Waals surface area contributed by atoms with Crippen LogP contribution in [0.25, 0.3) is 0 Å². The zero-order chi connectivity index (χ0) is 18.5. The summed E-state index contributed by atoms with van der Waals surface area (Å²) in [6.07, 6.45) is 1.68. The van der Waals surface area contributed by atoms with Crippen LogP contribution in [0.15, 0.2) is 79.0 Å². The Bertz CT molecular complexity index is 892. The summed E-state index contributed by atoms with van der Waals surface area (Å²) in [5.74, 6) is 1.16. The van der Waals surface area contributed by atoms with E-state index in [2.05, 4.69) is 22.0 Å². The van der Waals surface area contributed by atoms with Gasteiger partial charge in [-0.1, -0.05) is 30.3 Å². The Morgan fingerprint density at radius 3 is 2.37 bits per heavy atom. The van der Waals surface area contributed by atoms with E-state index in [1.807, 2.05) is 53.4 Å². The summed E-state index contributed by atoms with van der Waals surface area (Å²) in [5, 5.41) is 0. The minimum atomic E-state index is 0.0363. The molecule has 0 unspecified atom stereocenters. The predicted molar refractivity (Wildman–Crippen MR) is 105 cm³/mol. The molecule has 2 aromatic carbocycles. The standard InChI is InChI=1S/C22H21N3O2/c26-22(25-15-13-24(14-16-25)19-8-2-1-3-9-19)18-7-6-10-20(17-18)27-21-11-4-5-12-23-21/h1-12,17H,13-16H2. The van der Waals surface area contributed by atoms with Crippen molar-refractivity contribution in [3.05, 3.63) is 84.6 Å². The van der Waals surface area contributed by atoms with Gasteiger partial charge < -0.3 is 14.5 Å². The van der Waals surface area contributed by atoms with Gasteiger partial charge in [0.25, 0.3) is 5.91 Å². The maximum atomic E-state index is 12.9. The van der Waals surface area contributed by atoms with Gasteiger partial charge in [-0.05, 0) is 36.4 Å². The minimum Gasteiger partial charge on any atom is -0.439 e. The fourth-order valence-electron chi connectivity index (χ4n) is 3.21. The van der Waals surface area contributed by atoms with Crippen LogP contribution < -0.4 is 9.64 Å². The topological polar surface area (TPSA) is 45.7 Å². The van der Waals surface area contributed by atoms with E-state index in [0.717, 1.165) is 13.1 Å². The number of hydrogen-bond acceptors (Lipinski definition) is 4. The number of amides is 1. The van der Waals surface area contributed by atoms with Crippen LogP contribution in [0.3, 0.4) is 0 Å².